The van der Waals surface area contributed by atoms with Crippen LogP contribution in [0.1, 0.15) is 24.5 Å². The Morgan fingerprint density at radius 2 is 2.08 bits per heavy atom. The van der Waals surface area contributed by atoms with Crippen molar-refractivity contribution in [3.63, 3.8) is 0 Å². The third-order valence-corrected chi connectivity index (χ3v) is 2.55. The summed E-state index contributed by atoms with van der Waals surface area (Å²) in [5.41, 5.74) is 2.28. The van der Waals surface area contributed by atoms with Crippen LogP contribution in [0.5, 0.6) is 5.75 Å². The van der Waals surface area contributed by atoms with Crippen LogP contribution in [0.4, 0.5) is 0 Å². The van der Waals surface area contributed by atoms with Crippen LogP contribution in [0.3, 0.4) is 0 Å². The maximum atomic E-state index is 5.98. The number of ether oxygens (including phenoxy) is 1. The molecular weight excluding hydrogens is 184 g/mol. The van der Waals surface area contributed by atoms with Crippen molar-refractivity contribution in [2.24, 2.45) is 0 Å². The van der Waals surface area contributed by atoms with Crippen molar-refractivity contribution in [1.82, 2.24) is 0 Å². The van der Waals surface area contributed by atoms with Gasteiger partial charge in [0.05, 0.1) is 7.11 Å². The number of aryl methyl sites for hydroxylation is 1. The molecule has 0 bridgehead atoms. The van der Waals surface area contributed by atoms with Gasteiger partial charge in [-0.05, 0) is 25.0 Å². The largest absolute Gasteiger partial charge is 0.496 e. The van der Waals surface area contributed by atoms with Gasteiger partial charge in [0, 0.05) is 10.6 Å². The van der Waals surface area contributed by atoms with Crippen molar-refractivity contribution in [2.75, 3.05) is 7.11 Å². The average molecular weight is 199 g/mol. The van der Waals surface area contributed by atoms with E-state index >= 15 is 0 Å². The molecule has 0 N–H and O–H groups in total. The summed E-state index contributed by atoms with van der Waals surface area (Å²) in [4.78, 5) is 0. The van der Waals surface area contributed by atoms with Crippen molar-refractivity contribution in [2.45, 2.75) is 26.7 Å². The zero-order valence-electron chi connectivity index (χ0n) is 8.36. The molecular formula is C11H15ClO. The molecule has 72 valence electrons. The normalized spacial score (nSPS) is 10.2. The molecule has 0 aliphatic heterocycles. The zero-order chi connectivity index (χ0) is 9.84. The van der Waals surface area contributed by atoms with E-state index in [0.717, 1.165) is 29.2 Å². The van der Waals surface area contributed by atoms with Crippen molar-refractivity contribution in [3.05, 3.63) is 28.3 Å². The zero-order valence-corrected chi connectivity index (χ0v) is 9.11. The van der Waals surface area contributed by atoms with Crippen LogP contribution in [0.15, 0.2) is 12.1 Å². The number of hydrogen-bond acceptors (Lipinski definition) is 1. The second-order valence-electron chi connectivity index (χ2n) is 3.11. The van der Waals surface area contributed by atoms with Crippen LogP contribution in [-0.2, 0) is 6.42 Å². The molecule has 0 saturated heterocycles. The molecule has 0 fully saturated rings. The maximum Gasteiger partial charge on any atom is 0.126 e. The first kappa shape index (κ1) is 10.4. The Labute approximate surface area is 84.7 Å². The summed E-state index contributed by atoms with van der Waals surface area (Å²) >= 11 is 5.98. The fourth-order valence-electron chi connectivity index (χ4n) is 1.47. The lowest BCUT2D eigenvalue weighted by atomic mass is 10.1. The highest BCUT2D eigenvalue weighted by atomic mass is 35.5. The van der Waals surface area contributed by atoms with E-state index in [2.05, 4.69) is 6.92 Å². The number of halogens is 1. The second kappa shape index (κ2) is 4.52. The molecule has 13 heavy (non-hydrogen) atoms. The van der Waals surface area contributed by atoms with E-state index in [0.29, 0.717) is 0 Å². The quantitative estimate of drug-likeness (QED) is 0.721. The fraction of sp³-hybridized carbons (Fsp3) is 0.455. The molecule has 0 spiro atoms. The average Bonchev–Trinajstić information content (AvgIpc) is 2.12. The van der Waals surface area contributed by atoms with Gasteiger partial charge in [0.15, 0.2) is 0 Å². The van der Waals surface area contributed by atoms with Gasteiger partial charge < -0.3 is 4.74 Å². The Morgan fingerprint density at radius 1 is 1.38 bits per heavy atom. The van der Waals surface area contributed by atoms with Gasteiger partial charge in [-0.3, -0.25) is 0 Å². The molecule has 0 atom stereocenters. The van der Waals surface area contributed by atoms with Crippen LogP contribution >= 0.6 is 11.6 Å². The molecule has 2 heteroatoms. The number of rotatable bonds is 3. The number of methoxy groups -OCH3 is 1. The maximum absolute atomic E-state index is 5.98. The molecule has 0 saturated carbocycles. The third-order valence-electron chi connectivity index (χ3n) is 2.14. The van der Waals surface area contributed by atoms with E-state index in [-0.39, 0.29) is 0 Å². The van der Waals surface area contributed by atoms with Crippen LogP contribution in [-0.4, -0.2) is 7.11 Å². The highest BCUT2D eigenvalue weighted by Gasteiger charge is 2.07. The van der Waals surface area contributed by atoms with Crippen molar-refractivity contribution in [3.8, 4) is 5.75 Å². The second-order valence-corrected chi connectivity index (χ2v) is 3.52. The summed E-state index contributed by atoms with van der Waals surface area (Å²) < 4.78 is 5.33. The van der Waals surface area contributed by atoms with Gasteiger partial charge in [-0.15, -0.1) is 0 Å². The fourth-order valence-corrected chi connectivity index (χ4v) is 1.62. The Balaban J connectivity index is 3.13. The van der Waals surface area contributed by atoms with Gasteiger partial charge in [-0.25, -0.2) is 0 Å². The molecule has 0 amide bonds. The highest BCUT2D eigenvalue weighted by Crippen LogP contribution is 2.30. The van der Waals surface area contributed by atoms with Crippen molar-refractivity contribution in [1.29, 1.82) is 0 Å². The SMILES string of the molecule is CCCc1ccc(Cl)c(C)c1OC. The molecule has 1 rings (SSSR count). The summed E-state index contributed by atoms with van der Waals surface area (Å²) in [6, 6.07) is 3.97. The standard InChI is InChI=1S/C11H15ClO/c1-4-5-9-6-7-10(12)8(2)11(9)13-3/h6-7H,4-5H2,1-3H3. The van der Waals surface area contributed by atoms with E-state index in [1.54, 1.807) is 7.11 Å². The van der Waals surface area contributed by atoms with Crippen molar-refractivity contribution < 1.29 is 4.74 Å². The third kappa shape index (κ3) is 2.16. The molecule has 1 nitrogen and oxygen atoms in total. The summed E-state index contributed by atoms with van der Waals surface area (Å²) in [5.74, 6) is 0.939. The molecule has 1 aromatic carbocycles. The van der Waals surface area contributed by atoms with Crippen molar-refractivity contribution >= 4 is 11.6 Å². The Kier molecular flexibility index (Phi) is 3.61. The van der Waals surface area contributed by atoms with Gasteiger partial charge in [0.25, 0.3) is 0 Å². The van der Waals surface area contributed by atoms with Crippen LogP contribution in [0, 0.1) is 6.92 Å². The molecule has 0 unspecified atom stereocenters. The predicted molar refractivity (Wildman–Crippen MR) is 56.7 cm³/mol. The minimum Gasteiger partial charge on any atom is -0.496 e. The van der Waals surface area contributed by atoms with E-state index in [9.17, 15) is 0 Å². The lowest BCUT2D eigenvalue weighted by molar-refractivity contribution is 0.406. The Morgan fingerprint density at radius 3 is 2.62 bits per heavy atom. The first-order chi connectivity index (χ1) is 6.20. The minimum atomic E-state index is 0.775. The monoisotopic (exact) mass is 198 g/mol. The van der Waals surface area contributed by atoms with E-state index in [1.165, 1.54) is 5.56 Å². The van der Waals surface area contributed by atoms with E-state index < -0.39 is 0 Å². The minimum absolute atomic E-state index is 0.775. The number of benzene rings is 1. The summed E-state index contributed by atoms with van der Waals surface area (Å²) in [5, 5.41) is 0.775. The van der Waals surface area contributed by atoms with Gasteiger partial charge in [0.2, 0.25) is 0 Å². The molecule has 0 radical (unpaired) electrons. The lowest BCUT2D eigenvalue weighted by Gasteiger charge is -2.11. The molecule has 0 aromatic heterocycles. The van der Waals surface area contributed by atoms with Gasteiger partial charge >= 0.3 is 0 Å². The predicted octanol–water partition coefficient (Wildman–Crippen LogP) is 3.61. The molecule has 0 aliphatic carbocycles. The smallest absolute Gasteiger partial charge is 0.126 e. The van der Waals surface area contributed by atoms with Gasteiger partial charge in [0.1, 0.15) is 5.75 Å². The summed E-state index contributed by atoms with van der Waals surface area (Å²) in [6.45, 7) is 4.14. The molecule has 0 heterocycles. The van der Waals surface area contributed by atoms with Crippen LogP contribution in [0.25, 0.3) is 0 Å². The van der Waals surface area contributed by atoms with Crippen LogP contribution in [0.2, 0.25) is 5.02 Å². The van der Waals surface area contributed by atoms with E-state index in [4.69, 9.17) is 16.3 Å². The van der Waals surface area contributed by atoms with Gasteiger partial charge in [-0.1, -0.05) is 31.0 Å². The summed E-state index contributed by atoms with van der Waals surface area (Å²) in [6.07, 6.45) is 2.17. The summed E-state index contributed by atoms with van der Waals surface area (Å²) in [7, 11) is 1.69. The highest BCUT2D eigenvalue weighted by molar-refractivity contribution is 6.31. The topological polar surface area (TPSA) is 9.23 Å². The van der Waals surface area contributed by atoms with E-state index in [1.807, 2.05) is 19.1 Å². The number of hydrogen-bond donors (Lipinski definition) is 0. The van der Waals surface area contributed by atoms with Crippen LogP contribution < -0.4 is 4.74 Å². The Bertz CT molecular complexity index is 294. The first-order valence-corrected chi connectivity index (χ1v) is 4.90. The lowest BCUT2D eigenvalue weighted by Crippen LogP contribution is -1.95. The Hall–Kier alpha value is -0.690. The molecule has 0 aliphatic rings. The van der Waals surface area contributed by atoms with Gasteiger partial charge in [-0.2, -0.15) is 0 Å². The molecule has 1 aromatic rings. The first-order valence-electron chi connectivity index (χ1n) is 4.52.